The first-order valence-electron chi connectivity index (χ1n) is 5.45. The van der Waals surface area contributed by atoms with Crippen LogP contribution in [-0.2, 0) is 9.84 Å². The third-order valence-electron chi connectivity index (χ3n) is 2.54. The molecule has 0 heterocycles. The van der Waals surface area contributed by atoms with Gasteiger partial charge in [-0.05, 0) is 33.4 Å². The van der Waals surface area contributed by atoms with E-state index in [4.69, 9.17) is 5.73 Å². The predicted molar refractivity (Wildman–Crippen MR) is 66.1 cm³/mol. The van der Waals surface area contributed by atoms with Crippen LogP contribution in [-0.4, -0.2) is 62.7 Å². The van der Waals surface area contributed by atoms with Crippen LogP contribution in [0.15, 0.2) is 0 Å². The number of nitrogens with two attached hydrogens (primary N) is 1. The molecule has 0 aliphatic heterocycles. The summed E-state index contributed by atoms with van der Waals surface area (Å²) in [6, 6.07) is 0. The quantitative estimate of drug-likeness (QED) is 0.606. The fourth-order valence-electron chi connectivity index (χ4n) is 1.27. The zero-order valence-electron chi connectivity index (χ0n) is 10.4. The number of hydrogen-bond acceptors (Lipinski definition) is 5. The Morgan fingerprint density at radius 3 is 2.38 bits per heavy atom. The second-order valence-corrected chi connectivity index (χ2v) is 7.00. The SMILES string of the molecule is CN(CCCC(C)(O)CN)CCS(C)(=O)=O. The van der Waals surface area contributed by atoms with Crippen LogP contribution in [0, 0.1) is 0 Å². The zero-order valence-corrected chi connectivity index (χ0v) is 11.3. The Balaban J connectivity index is 3.71. The molecule has 0 aromatic rings. The number of nitrogens with zero attached hydrogens (tertiary/aromatic N) is 1. The summed E-state index contributed by atoms with van der Waals surface area (Å²) < 4.78 is 21.9. The van der Waals surface area contributed by atoms with E-state index in [1.807, 2.05) is 11.9 Å². The van der Waals surface area contributed by atoms with Gasteiger partial charge in [-0.25, -0.2) is 8.42 Å². The molecule has 0 amide bonds. The van der Waals surface area contributed by atoms with Gasteiger partial charge in [0, 0.05) is 19.3 Å². The molecule has 0 fully saturated rings. The lowest BCUT2D eigenvalue weighted by Gasteiger charge is -2.22. The van der Waals surface area contributed by atoms with Crippen LogP contribution < -0.4 is 5.73 Å². The average molecular weight is 252 g/mol. The second kappa shape index (κ2) is 6.54. The lowest BCUT2D eigenvalue weighted by molar-refractivity contribution is 0.0554. The molecule has 0 spiro atoms. The predicted octanol–water partition coefficient (Wildman–Crippen LogP) is -0.547. The second-order valence-electron chi connectivity index (χ2n) is 4.74. The van der Waals surface area contributed by atoms with E-state index in [-0.39, 0.29) is 12.3 Å². The first-order valence-corrected chi connectivity index (χ1v) is 7.51. The Labute approximate surface area is 98.5 Å². The smallest absolute Gasteiger partial charge is 0.148 e. The number of aliphatic hydroxyl groups is 1. The summed E-state index contributed by atoms with van der Waals surface area (Å²) in [5.74, 6) is 0.177. The number of sulfone groups is 1. The van der Waals surface area contributed by atoms with Gasteiger partial charge in [-0.15, -0.1) is 0 Å². The molecule has 0 aliphatic rings. The van der Waals surface area contributed by atoms with Gasteiger partial charge in [0.05, 0.1) is 11.4 Å². The molecule has 0 aromatic carbocycles. The van der Waals surface area contributed by atoms with Crippen molar-refractivity contribution in [3.05, 3.63) is 0 Å². The molecule has 0 saturated carbocycles. The molecule has 0 radical (unpaired) electrons. The van der Waals surface area contributed by atoms with E-state index in [1.54, 1.807) is 6.92 Å². The maximum absolute atomic E-state index is 10.9. The fourth-order valence-corrected chi connectivity index (χ4v) is 1.91. The van der Waals surface area contributed by atoms with Crippen molar-refractivity contribution in [3.8, 4) is 0 Å². The van der Waals surface area contributed by atoms with E-state index in [2.05, 4.69) is 0 Å². The van der Waals surface area contributed by atoms with Crippen molar-refractivity contribution in [3.63, 3.8) is 0 Å². The summed E-state index contributed by atoms with van der Waals surface area (Å²) >= 11 is 0. The summed E-state index contributed by atoms with van der Waals surface area (Å²) in [5.41, 5.74) is 4.59. The maximum Gasteiger partial charge on any atom is 0.148 e. The maximum atomic E-state index is 10.9. The normalized spacial score (nSPS) is 16.4. The van der Waals surface area contributed by atoms with E-state index >= 15 is 0 Å². The summed E-state index contributed by atoms with van der Waals surface area (Å²) in [7, 11) is -1.01. The van der Waals surface area contributed by atoms with Gasteiger partial charge >= 0.3 is 0 Å². The van der Waals surface area contributed by atoms with Crippen molar-refractivity contribution >= 4 is 9.84 Å². The van der Waals surface area contributed by atoms with Crippen molar-refractivity contribution in [1.29, 1.82) is 0 Å². The van der Waals surface area contributed by atoms with Crippen molar-refractivity contribution < 1.29 is 13.5 Å². The van der Waals surface area contributed by atoms with Crippen molar-refractivity contribution in [2.45, 2.75) is 25.4 Å². The van der Waals surface area contributed by atoms with Gasteiger partial charge in [0.2, 0.25) is 0 Å². The summed E-state index contributed by atoms with van der Waals surface area (Å²) in [4.78, 5) is 1.95. The summed E-state index contributed by atoms with van der Waals surface area (Å²) in [5, 5.41) is 9.66. The Kier molecular flexibility index (Phi) is 6.47. The minimum Gasteiger partial charge on any atom is -0.389 e. The molecular formula is C10H24N2O3S. The highest BCUT2D eigenvalue weighted by atomic mass is 32.2. The fraction of sp³-hybridized carbons (Fsp3) is 1.00. The van der Waals surface area contributed by atoms with E-state index in [1.165, 1.54) is 6.26 Å². The zero-order chi connectivity index (χ0) is 12.8. The Morgan fingerprint density at radius 1 is 1.38 bits per heavy atom. The molecular weight excluding hydrogens is 228 g/mol. The molecule has 0 bridgehead atoms. The van der Waals surface area contributed by atoms with Gasteiger partial charge < -0.3 is 15.7 Å². The molecule has 6 heteroatoms. The van der Waals surface area contributed by atoms with Crippen molar-refractivity contribution in [2.75, 3.05) is 38.7 Å². The van der Waals surface area contributed by atoms with Crippen LogP contribution in [0.1, 0.15) is 19.8 Å². The average Bonchev–Trinajstić information content (AvgIpc) is 2.13. The topological polar surface area (TPSA) is 83.6 Å². The van der Waals surface area contributed by atoms with Crippen molar-refractivity contribution in [1.82, 2.24) is 4.90 Å². The Hall–Kier alpha value is -0.170. The molecule has 0 aromatic heterocycles. The summed E-state index contributed by atoms with van der Waals surface area (Å²) in [6.07, 6.45) is 2.68. The highest BCUT2D eigenvalue weighted by Gasteiger charge is 2.17. The van der Waals surface area contributed by atoms with Crippen LogP contribution in [0.25, 0.3) is 0 Å². The number of rotatable bonds is 8. The molecule has 98 valence electrons. The lowest BCUT2D eigenvalue weighted by Crippen LogP contribution is -2.35. The highest BCUT2D eigenvalue weighted by molar-refractivity contribution is 7.90. The molecule has 0 saturated heterocycles. The monoisotopic (exact) mass is 252 g/mol. The molecule has 16 heavy (non-hydrogen) atoms. The van der Waals surface area contributed by atoms with E-state index < -0.39 is 15.4 Å². The van der Waals surface area contributed by atoms with Gasteiger partial charge in [0.1, 0.15) is 9.84 Å². The van der Waals surface area contributed by atoms with Crippen LogP contribution in [0.3, 0.4) is 0 Å². The highest BCUT2D eigenvalue weighted by Crippen LogP contribution is 2.09. The van der Waals surface area contributed by atoms with Gasteiger partial charge in [-0.2, -0.15) is 0 Å². The molecule has 3 N–H and O–H groups in total. The van der Waals surface area contributed by atoms with Gasteiger partial charge in [-0.1, -0.05) is 0 Å². The molecule has 1 atom stereocenters. The van der Waals surface area contributed by atoms with E-state index in [0.29, 0.717) is 13.0 Å². The molecule has 1 unspecified atom stereocenters. The van der Waals surface area contributed by atoms with E-state index in [9.17, 15) is 13.5 Å². The van der Waals surface area contributed by atoms with Gasteiger partial charge in [0.15, 0.2) is 0 Å². The molecule has 0 aliphatic carbocycles. The third-order valence-corrected chi connectivity index (χ3v) is 3.46. The third kappa shape index (κ3) is 9.08. The largest absolute Gasteiger partial charge is 0.389 e. The lowest BCUT2D eigenvalue weighted by atomic mass is 10.0. The van der Waals surface area contributed by atoms with Crippen LogP contribution in [0.4, 0.5) is 0 Å². The van der Waals surface area contributed by atoms with Gasteiger partial charge in [-0.3, -0.25) is 0 Å². The minimum atomic E-state index is -2.89. The molecule has 0 rings (SSSR count). The number of hydrogen-bond donors (Lipinski definition) is 2. The van der Waals surface area contributed by atoms with Crippen LogP contribution >= 0.6 is 0 Å². The molecule has 5 nitrogen and oxygen atoms in total. The van der Waals surface area contributed by atoms with Crippen molar-refractivity contribution in [2.24, 2.45) is 5.73 Å². The first kappa shape index (κ1) is 15.8. The standard InChI is InChI=1S/C10H24N2O3S/c1-10(13,9-11)5-4-6-12(2)7-8-16(3,14)15/h13H,4-9,11H2,1-3H3. The van der Waals surface area contributed by atoms with Crippen LogP contribution in [0.2, 0.25) is 0 Å². The van der Waals surface area contributed by atoms with E-state index in [0.717, 1.165) is 13.0 Å². The van der Waals surface area contributed by atoms with Crippen LogP contribution in [0.5, 0.6) is 0 Å². The minimum absolute atomic E-state index is 0.177. The Bertz CT molecular complexity index is 288. The van der Waals surface area contributed by atoms with Gasteiger partial charge in [0.25, 0.3) is 0 Å². The Morgan fingerprint density at radius 2 is 1.94 bits per heavy atom. The summed E-state index contributed by atoms with van der Waals surface area (Å²) in [6.45, 7) is 3.26. The first-order chi connectivity index (χ1) is 7.16.